The number of carbonyl (C=O) groups is 1. The number of hydrogen-bond acceptors (Lipinski definition) is 2. The molecule has 0 bridgehead atoms. The predicted molar refractivity (Wildman–Crippen MR) is 45.1 cm³/mol. The van der Waals surface area contributed by atoms with Gasteiger partial charge in [-0.25, -0.2) is 0 Å². The maximum absolute atomic E-state index is 10.1. The highest BCUT2D eigenvalue weighted by Crippen LogP contribution is 1.96. The fourth-order valence-electron chi connectivity index (χ4n) is 0.793. The molecule has 0 aromatic rings. The minimum atomic E-state index is -0.761. The average Bonchev–Trinajstić information content (AvgIpc) is 1.82. The van der Waals surface area contributed by atoms with Crippen LogP contribution >= 0.6 is 0 Å². The molecule has 0 aromatic carbocycles. The average molecular weight is 157 g/mol. The Labute approximate surface area is 67.1 Å². The second-order valence-corrected chi connectivity index (χ2v) is 2.85. The van der Waals surface area contributed by atoms with Crippen molar-refractivity contribution >= 4 is 11.7 Å². The maximum Gasteiger partial charge on any atom is 0.303 e. The van der Waals surface area contributed by atoms with Crippen molar-refractivity contribution in [3.05, 3.63) is 0 Å². The fourth-order valence-corrected chi connectivity index (χ4v) is 0.793. The van der Waals surface area contributed by atoms with Crippen LogP contribution in [0, 0.1) is 0 Å². The number of rotatable bonds is 4. The van der Waals surface area contributed by atoms with E-state index >= 15 is 0 Å². The van der Waals surface area contributed by atoms with Crippen LogP contribution in [0.5, 0.6) is 0 Å². The van der Waals surface area contributed by atoms with E-state index in [4.69, 9.17) is 5.11 Å². The lowest BCUT2D eigenvalue weighted by molar-refractivity contribution is -0.136. The molecule has 1 N–H and O–H groups in total. The monoisotopic (exact) mass is 157 g/mol. The standard InChI is InChI=1S/C8H15NO2/c1-6(2)9-7(3)4-5-8(10)11/h6H,4-5H2,1-3H3,(H,10,11). The first kappa shape index (κ1) is 10.1. The SMILES string of the molecule is CC(CCC(=O)O)=NC(C)C. The molecule has 0 radical (unpaired) electrons. The normalized spacial score (nSPS) is 12.2. The lowest BCUT2D eigenvalue weighted by Gasteiger charge is -2.00. The Hall–Kier alpha value is -0.860. The molecule has 0 amide bonds. The van der Waals surface area contributed by atoms with Gasteiger partial charge in [-0.1, -0.05) is 0 Å². The second-order valence-electron chi connectivity index (χ2n) is 2.85. The van der Waals surface area contributed by atoms with E-state index in [1.54, 1.807) is 0 Å². The van der Waals surface area contributed by atoms with Crippen molar-refractivity contribution in [1.29, 1.82) is 0 Å². The third-order valence-electron chi connectivity index (χ3n) is 1.18. The second kappa shape index (κ2) is 4.88. The molecule has 0 heterocycles. The summed E-state index contributed by atoms with van der Waals surface area (Å²) in [6.45, 7) is 5.82. The first-order chi connectivity index (χ1) is 5.02. The van der Waals surface area contributed by atoms with E-state index < -0.39 is 5.97 Å². The number of aliphatic imine (C=N–C) groups is 1. The minimum absolute atomic E-state index is 0.183. The lowest BCUT2D eigenvalue weighted by Crippen LogP contribution is -2.02. The third-order valence-corrected chi connectivity index (χ3v) is 1.18. The minimum Gasteiger partial charge on any atom is -0.481 e. The van der Waals surface area contributed by atoms with E-state index in [9.17, 15) is 4.79 Å². The van der Waals surface area contributed by atoms with Crippen LogP contribution in [0.4, 0.5) is 0 Å². The van der Waals surface area contributed by atoms with Gasteiger partial charge in [0.05, 0.1) is 6.42 Å². The molecule has 0 aliphatic heterocycles. The van der Waals surface area contributed by atoms with Gasteiger partial charge in [-0.05, 0) is 27.2 Å². The largest absolute Gasteiger partial charge is 0.481 e. The molecule has 0 fully saturated rings. The summed E-state index contributed by atoms with van der Waals surface area (Å²) in [5, 5.41) is 8.34. The number of hydrogen-bond donors (Lipinski definition) is 1. The van der Waals surface area contributed by atoms with Gasteiger partial charge in [0.25, 0.3) is 0 Å². The van der Waals surface area contributed by atoms with Crippen molar-refractivity contribution in [2.45, 2.75) is 39.7 Å². The molecule has 0 aromatic heterocycles. The first-order valence-corrected chi connectivity index (χ1v) is 3.77. The Morgan fingerprint density at radius 2 is 2.00 bits per heavy atom. The third kappa shape index (κ3) is 7.03. The molecule has 11 heavy (non-hydrogen) atoms. The zero-order valence-electron chi connectivity index (χ0n) is 7.29. The Morgan fingerprint density at radius 3 is 2.36 bits per heavy atom. The summed E-state index contributed by atoms with van der Waals surface area (Å²) in [4.78, 5) is 14.3. The summed E-state index contributed by atoms with van der Waals surface area (Å²) < 4.78 is 0. The van der Waals surface area contributed by atoms with Crippen LogP contribution < -0.4 is 0 Å². The smallest absolute Gasteiger partial charge is 0.303 e. The summed E-state index contributed by atoms with van der Waals surface area (Å²) in [5.74, 6) is -0.761. The molecule has 0 spiro atoms. The zero-order valence-corrected chi connectivity index (χ0v) is 7.29. The highest BCUT2D eigenvalue weighted by Gasteiger charge is 1.98. The molecule has 3 nitrogen and oxygen atoms in total. The van der Waals surface area contributed by atoms with Gasteiger partial charge in [0.2, 0.25) is 0 Å². The molecule has 0 atom stereocenters. The summed E-state index contributed by atoms with van der Waals surface area (Å²) in [6.07, 6.45) is 0.746. The molecule has 0 saturated heterocycles. The maximum atomic E-state index is 10.1. The topological polar surface area (TPSA) is 49.7 Å². The van der Waals surface area contributed by atoms with E-state index in [-0.39, 0.29) is 12.5 Å². The molecule has 64 valence electrons. The molecule has 0 aliphatic carbocycles. The van der Waals surface area contributed by atoms with Crippen LogP contribution in [0.25, 0.3) is 0 Å². The van der Waals surface area contributed by atoms with Crippen molar-refractivity contribution in [2.24, 2.45) is 4.99 Å². The van der Waals surface area contributed by atoms with Gasteiger partial charge in [0.1, 0.15) is 0 Å². The number of aliphatic carboxylic acids is 1. The van der Waals surface area contributed by atoms with Crippen LogP contribution in [0.15, 0.2) is 4.99 Å². The van der Waals surface area contributed by atoms with Gasteiger partial charge < -0.3 is 5.11 Å². The zero-order chi connectivity index (χ0) is 8.85. The van der Waals surface area contributed by atoms with Gasteiger partial charge >= 0.3 is 5.97 Å². The van der Waals surface area contributed by atoms with Crippen LogP contribution in [-0.2, 0) is 4.79 Å². The van der Waals surface area contributed by atoms with Crippen molar-refractivity contribution < 1.29 is 9.90 Å². The van der Waals surface area contributed by atoms with E-state index in [1.807, 2.05) is 20.8 Å². The van der Waals surface area contributed by atoms with Crippen molar-refractivity contribution in [1.82, 2.24) is 0 Å². The Kier molecular flexibility index (Phi) is 4.50. The van der Waals surface area contributed by atoms with Gasteiger partial charge in [-0.3, -0.25) is 9.79 Å². The van der Waals surface area contributed by atoms with Gasteiger partial charge in [-0.15, -0.1) is 0 Å². The highest BCUT2D eigenvalue weighted by molar-refractivity contribution is 5.85. The van der Waals surface area contributed by atoms with Gasteiger partial charge in [0, 0.05) is 11.8 Å². The summed E-state index contributed by atoms with van der Waals surface area (Å²) in [7, 11) is 0. The first-order valence-electron chi connectivity index (χ1n) is 3.77. The molecule has 0 unspecified atom stereocenters. The van der Waals surface area contributed by atoms with Crippen molar-refractivity contribution in [2.75, 3.05) is 0 Å². The van der Waals surface area contributed by atoms with Crippen LogP contribution in [0.3, 0.4) is 0 Å². The molecule has 3 heteroatoms. The molecule has 0 aliphatic rings. The Bertz CT molecular complexity index is 161. The molecular formula is C8H15NO2. The van der Waals surface area contributed by atoms with Crippen molar-refractivity contribution in [3.8, 4) is 0 Å². The Balaban J connectivity index is 3.68. The van der Waals surface area contributed by atoms with Gasteiger partial charge in [-0.2, -0.15) is 0 Å². The quantitative estimate of drug-likeness (QED) is 0.632. The molecule has 0 saturated carbocycles. The summed E-state index contributed by atoms with van der Waals surface area (Å²) in [5.41, 5.74) is 0.919. The summed E-state index contributed by atoms with van der Waals surface area (Å²) in [6, 6.07) is 0.267. The van der Waals surface area contributed by atoms with E-state index in [1.165, 1.54) is 0 Å². The Morgan fingerprint density at radius 1 is 1.45 bits per heavy atom. The molecular weight excluding hydrogens is 142 g/mol. The van der Waals surface area contributed by atoms with Gasteiger partial charge in [0.15, 0.2) is 0 Å². The van der Waals surface area contributed by atoms with Crippen molar-refractivity contribution in [3.63, 3.8) is 0 Å². The van der Waals surface area contributed by atoms with Crippen LogP contribution in [0.2, 0.25) is 0 Å². The predicted octanol–water partition coefficient (Wildman–Crippen LogP) is 1.72. The fraction of sp³-hybridized carbons (Fsp3) is 0.750. The number of carboxylic acid groups (broad SMARTS) is 1. The number of carboxylic acids is 1. The number of nitrogens with zero attached hydrogens (tertiary/aromatic N) is 1. The highest BCUT2D eigenvalue weighted by atomic mass is 16.4. The lowest BCUT2D eigenvalue weighted by atomic mass is 10.2. The van der Waals surface area contributed by atoms with E-state index in [2.05, 4.69) is 4.99 Å². The summed E-state index contributed by atoms with van der Waals surface area (Å²) >= 11 is 0. The van der Waals surface area contributed by atoms with E-state index in [0.29, 0.717) is 6.42 Å². The van der Waals surface area contributed by atoms with Crippen LogP contribution in [0.1, 0.15) is 33.6 Å². The van der Waals surface area contributed by atoms with Crippen LogP contribution in [-0.4, -0.2) is 22.8 Å². The van der Waals surface area contributed by atoms with E-state index in [0.717, 1.165) is 5.71 Å². The molecule has 0 rings (SSSR count).